The molecule has 1 aromatic carbocycles. The van der Waals surface area contributed by atoms with Gasteiger partial charge >= 0.3 is 0 Å². The van der Waals surface area contributed by atoms with Crippen molar-refractivity contribution in [3.8, 4) is 0 Å². The number of thiophene rings is 1. The molecule has 19 heavy (non-hydrogen) atoms. The minimum Gasteiger partial charge on any atom is -0.306 e. The fourth-order valence-corrected chi connectivity index (χ4v) is 3.95. The highest BCUT2D eigenvalue weighted by atomic mass is 79.9. The summed E-state index contributed by atoms with van der Waals surface area (Å²) in [7, 11) is 0. The van der Waals surface area contributed by atoms with E-state index in [-0.39, 0.29) is 6.04 Å². The number of hydrogen-bond acceptors (Lipinski definition) is 2. The molecule has 1 aromatic heterocycles. The zero-order valence-electron chi connectivity index (χ0n) is 10.4. The van der Waals surface area contributed by atoms with Gasteiger partial charge in [0.05, 0.1) is 14.9 Å². The molecule has 102 valence electrons. The maximum Gasteiger partial charge on any atom is 0.0888 e. The summed E-state index contributed by atoms with van der Waals surface area (Å²) in [6.45, 7) is 3.15. The zero-order valence-corrected chi connectivity index (χ0v) is 15.2. The van der Waals surface area contributed by atoms with E-state index in [2.05, 4.69) is 68.4 Å². The maximum absolute atomic E-state index is 6.15. The average molecular weight is 424 g/mol. The van der Waals surface area contributed by atoms with Gasteiger partial charge in [-0.25, -0.2) is 0 Å². The lowest BCUT2D eigenvalue weighted by molar-refractivity contribution is 0.606. The van der Waals surface area contributed by atoms with Crippen molar-refractivity contribution in [3.05, 3.63) is 54.1 Å². The maximum atomic E-state index is 6.15. The number of nitrogens with one attached hydrogen (secondary N) is 1. The van der Waals surface area contributed by atoms with Crippen molar-refractivity contribution in [2.24, 2.45) is 0 Å². The predicted molar refractivity (Wildman–Crippen MR) is 91.3 cm³/mol. The molecular formula is C14H14Br2ClNS. The number of benzene rings is 1. The van der Waals surface area contributed by atoms with E-state index >= 15 is 0 Å². The van der Waals surface area contributed by atoms with Gasteiger partial charge in [0.25, 0.3) is 0 Å². The van der Waals surface area contributed by atoms with E-state index in [1.807, 2.05) is 6.07 Å². The van der Waals surface area contributed by atoms with Crippen LogP contribution in [-0.4, -0.2) is 6.54 Å². The Bertz CT molecular complexity index is 519. The molecule has 1 atom stereocenters. The molecule has 1 N–H and O–H groups in total. The van der Waals surface area contributed by atoms with Crippen molar-refractivity contribution in [3.63, 3.8) is 0 Å². The molecule has 0 fully saturated rings. The average Bonchev–Trinajstić information content (AvgIpc) is 2.72. The Morgan fingerprint density at radius 1 is 1.26 bits per heavy atom. The topological polar surface area (TPSA) is 12.0 Å². The van der Waals surface area contributed by atoms with Crippen molar-refractivity contribution in [1.29, 1.82) is 0 Å². The summed E-state index contributed by atoms with van der Waals surface area (Å²) in [4.78, 5) is 1.23. The SMILES string of the molecule is CCCNC(c1ccc(Br)cc1)c1cc(Cl)c(Br)s1. The van der Waals surface area contributed by atoms with E-state index in [1.165, 1.54) is 10.4 Å². The van der Waals surface area contributed by atoms with Crippen LogP contribution in [0.1, 0.15) is 29.8 Å². The molecule has 1 unspecified atom stereocenters. The second-order valence-corrected chi connectivity index (χ2v) is 7.93. The van der Waals surface area contributed by atoms with Gasteiger partial charge in [-0.3, -0.25) is 0 Å². The molecule has 0 spiro atoms. The molecular weight excluding hydrogens is 409 g/mol. The van der Waals surface area contributed by atoms with Crippen LogP contribution in [-0.2, 0) is 0 Å². The lowest BCUT2D eigenvalue weighted by Gasteiger charge is -2.17. The molecule has 2 rings (SSSR count). The summed E-state index contributed by atoms with van der Waals surface area (Å²) in [5, 5.41) is 4.36. The molecule has 0 saturated carbocycles. The Morgan fingerprint density at radius 3 is 2.47 bits per heavy atom. The fourth-order valence-electron chi connectivity index (χ4n) is 1.83. The number of halogens is 3. The van der Waals surface area contributed by atoms with Crippen molar-refractivity contribution in [2.75, 3.05) is 6.54 Å². The first-order valence-electron chi connectivity index (χ1n) is 6.05. The summed E-state index contributed by atoms with van der Waals surface area (Å²) < 4.78 is 2.08. The summed E-state index contributed by atoms with van der Waals surface area (Å²) >= 11 is 14.8. The van der Waals surface area contributed by atoms with Gasteiger partial charge in [0, 0.05) is 9.35 Å². The quantitative estimate of drug-likeness (QED) is 0.620. The predicted octanol–water partition coefficient (Wildman–Crippen LogP) is 6.02. The van der Waals surface area contributed by atoms with Gasteiger partial charge in [0.2, 0.25) is 0 Å². The van der Waals surface area contributed by atoms with Crippen LogP contribution < -0.4 is 5.32 Å². The Kier molecular flexibility index (Phi) is 5.90. The highest BCUT2D eigenvalue weighted by molar-refractivity contribution is 9.11. The molecule has 1 heterocycles. The molecule has 0 aliphatic carbocycles. The summed E-state index contributed by atoms with van der Waals surface area (Å²) in [5.41, 5.74) is 1.25. The standard InChI is InChI=1S/C14H14Br2ClNS/c1-2-7-18-13(9-3-5-10(15)6-4-9)12-8-11(17)14(16)19-12/h3-6,8,13,18H,2,7H2,1H3. The third-order valence-electron chi connectivity index (χ3n) is 2.75. The van der Waals surface area contributed by atoms with E-state index < -0.39 is 0 Å². The Hall–Kier alpha value is 0.130. The van der Waals surface area contributed by atoms with Crippen molar-refractivity contribution >= 4 is 54.8 Å². The lowest BCUT2D eigenvalue weighted by atomic mass is 10.1. The van der Waals surface area contributed by atoms with Crippen molar-refractivity contribution < 1.29 is 0 Å². The first-order chi connectivity index (χ1) is 9.11. The number of hydrogen-bond donors (Lipinski definition) is 1. The minimum absolute atomic E-state index is 0.196. The van der Waals surface area contributed by atoms with E-state index in [0.29, 0.717) is 0 Å². The van der Waals surface area contributed by atoms with E-state index in [1.54, 1.807) is 11.3 Å². The summed E-state index contributed by atoms with van der Waals surface area (Å²) in [5.74, 6) is 0. The van der Waals surface area contributed by atoms with Crippen molar-refractivity contribution in [2.45, 2.75) is 19.4 Å². The molecule has 0 radical (unpaired) electrons. The van der Waals surface area contributed by atoms with Gasteiger partial charge in [-0.2, -0.15) is 0 Å². The van der Waals surface area contributed by atoms with Crippen LogP contribution in [0.3, 0.4) is 0 Å². The molecule has 0 amide bonds. The largest absolute Gasteiger partial charge is 0.306 e. The van der Waals surface area contributed by atoms with Gasteiger partial charge in [-0.15, -0.1) is 11.3 Å². The Balaban J connectivity index is 2.32. The van der Waals surface area contributed by atoms with Crippen LogP contribution in [0.15, 0.2) is 38.6 Å². The molecule has 0 saturated heterocycles. The number of rotatable bonds is 5. The first kappa shape index (κ1) is 15.5. The van der Waals surface area contributed by atoms with Crippen LogP contribution in [0.4, 0.5) is 0 Å². The van der Waals surface area contributed by atoms with Gasteiger partial charge < -0.3 is 5.32 Å². The second kappa shape index (κ2) is 7.23. The lowest BCUT2D eigenvalue weighted by Crippen LogP contribution is -2.22. The van der Waals surface area contributed by atoms with Gasteiger partial charge in [0.1, 0.15) is 0 Å². The van der Waals surface area contributed by atoms with Gasteiger partial charge in [0.15, 0.2) is 0 Å². The monoisotopic (exact) mass is 421 g/mol. The Labute approximate surface area is 139 Å². The minimum atomic E-state index is 0.196. The molecule has 0 aliphatic heterocycles. The smallest absolute Gasteiger partial charge is 0.0888 e. The van der Waals surface area contributed by atoms with Crippen molar-refractivity contribution in [1.82, 2.24) is 5.32 Å². The molecule has 1 nitrogen and oxygen atoms in total. The highest BCUT2D eigenvalue weighted by Gasteiger charge is 2.17. The molecule has 5 heteroatoms. The van der Waals surface area contributed by atoms with E-state index in [4.69, 9.17) is 11.6 Å². The molecule has 0 aliphatic rings. The first-order valence-corrected chi connectivity index (χ1v) is 8.83. The van der Waals surface area contributed by atoms with E-state index in [9.17, 15) is 0 Å². The zero-order chi connectivity index (χ0) is 13.8. The van der Waals surface area contributed by atoms with Gasteiger partial charge in [-0.05, 0) is 52.7 Å². The van der Waals surface area contributed by atoms with Crippen LogP contribution in [0, 0.1) is 0 Å². The third-order valence-corrected chi connectivity index (χ3v) is 5.82. The van der Waals surface area contributed by atoms with Crippen LogP contribution in [0.2, 0.25) is 5.02 Å². The van der Waals surface area contributed by atoms with E-state index in [0.717, 1.165) is 26.2 Å². The highest BCUT2D eigenvalue weighted by Crippen LogP contribution is 2.37. The van der Waals surface area contributed by atoms with Crippen LogP contribution in [0.5, 0.6) is 0 Å². The Morgan fingerprint density at radius 2 is 1.95 bits per heavy atom. The third kappa shape index (κ3) is 4.05. The summed E-state index contributed by atoms with van der Waals surface area (Å²) in [6.07, 6.45) is 1.10. The summed E-state index contributed by atoms with van der Waals surface area (Å²) in [6, 6.07) is 10.6. The fraction of sp³-hybridized carbons (Fsp3) is 0.286. The van der Waals surface area contributed by atoms with Crippen LogP contribution >= 0.6 is 54.8 Å². The normalized spacial score (nSPS) is 12.6. The van der Waals surface area contributed by atoms with Gasteiger partial charge in [-0.1, -0.05) is 46.6 Å². The molecule has 2 aromatic rings. The van der Waals surface area contributed by atoms with Crippen LogP contribution in [0.25, 0.3) is 0 Å². The molecule has 0 bridgehead atoms. The second-order valence-electron chi connectivity index (χ2n) is 4.21.